The van der Waals surface area contributed by atoms with Crippen LogP contribution in [-0.4, -0.2) is 30.4 Å². The average Bonchev–Trinajstić information content (AvgIpc) is 2.75. The Morgan fingerprint density at radius 1 is 0.741 bits per heavy atom. The maximum absolute atomic E-state index is 12.9. The molecule has 0 atom stereocenters. The predicted octanol–water partition coefficient (Wildman–Crippen LogP) is 4.31. The van der Waals surface area contributed by atoms with Crippen molar-refractivity contribution in [1.82, 2.24) is 4.90 Å². The molecule has 3 nitrogen and oxygen atoms in total. The highest BCUT2D eigenvalue weighted by Gasteiger charge is 2.19. The lowest BCUT2D eigenvalue weighted by Crippen LogP contribution is -2.36. The Morgan fingerprint density at radius 3 is 1.70 bits per heavy atom. The second-order valence-corrected chi connectivity index (χ2v) is 6.61. The smallest absolute Gasteiger partial charge is 0.253 e. The first kappa shape index (κ1) is 18.9. The van der Waals surface area contributed by atoms with Gasteiger partial charge in [0, 0.05) is 31.1 Å². The van der Waals surface area contributed by atoms with E-state index >= 15 is 0 Å². The van der Waals surface area contributed by atoms with Crippen molar-refractivity contribution in [2.45, 2.75) is 12.3 Å². The van der Waals surface area contributed by atoms with Crippen LogP contribution in [-0.2, 0) is 0 Å². The molecule has 3 aromatic carbocycles. The van der Waals surface area contributed by atoms with E-state index in [0.29, 0.717) is 25.2 Å². The second kappa shape index (κ2) is 9.70. The van der Waals surface area contributed by atoms with Crippen LogP contribution in [0.5, 0.6) is 0 Å². The molecule has 0 unspecified atom stereocenters. The fourth-order valence-corrected chi connectivity index (χ4v) is 3.42. The molecule has 2 N–H and O–H groups in total. The van der Waals surface area contributed by atoms with Gasteiger partial charge in [-0.1, -0.05) is 78.9 Å². The van der Waals surface area contributed by atoms with Crippen LogP contribution in [0.25, 0.3) is 0 Å². The van der Waals surface area contributed by atoms with E-state index in [4.69, 9.17) is 5.73 Å². The van der Waals surface area contributed by atoms with Gasteiger partial charge in [0.05, 0.1) is 0 Å². The van der Waals surface area contributed by atoms with Gasteiger partial charge in [-0.15, -0.1) is 0 Å². The Morgan fingerprint density at radius 2 is 1.22 bits per heavy atom. The molecule has 0 aliphatic carbocycles. The number of carbonyl (C=O) groups excluding carboxylic acids is 1. The molecule has 3 heteroatoms. The van der Waals surface area contributed by atoms with Crippen LogP contribution >= 0.6 is 0 Å². The molecule has 0 fully saturated rings. The summed E-state index contributed by atoms with van der Waals surface area (Å²) in [5.74, 6) is 0.289. The van der Waals surface area contributed by atoms with Gasteiger partial charge < -0.3 is 10.6 Å². The van der Waals surface area contributed by atoms with Crippen molar-refractivity contribution >= 4 is 5.91 Å². The van der Waals surface area contributed by atoms with Crippen LogP contribution in [0.15, 0.2) is 91.0 Å². The standard InChI is InChI=1S/C24H26N2O/c25-17-19-26(24(27)22-14-8-3-9-15-22)18-16-23(20-10-4-1-5-11-20)21-12-6-2-7-13-21/h1-15,23H,16-19,25H2. The minimum Gasteiger partial charge on any atom is -0.337 e. The average molecular weight is 358 g/mol. The zero-order chi connectivity index (χ0) is 18.9. The summed E-state index contributed by atoms with van der Waals surface area (Å²) in [6.45, 7) is 1.68. The molecule has 0 radical (unpaired) electrons. The van der Waals surface area contributed by atoms with Gasteiger partial charge in [-0.05, 0) is 29.7 Å². The van der Waals surface area contributed by atoms with Crippen molar-refractivity contribution in [3.05, 3.63) is 108 Å². The van der Waals surface area contributed by atoms with Crippen LogP contribution in [0.4, 0.5) is 0 Å². The SMILES string of the molecule is NCCN(CCC(c1ccccc1)c1ccccc1)C(=O)c1ccccc1. The van der Waals surface area contributed by atoms with E-state index in [1.807, 2.05) is 47.4 Å². The molecule has 3 rings (SSSR count). The summed E-state index contributed by atoms with van der Waals surface area (Å²) < 4.78 is 0. The summed E-state index contributed by atoms with van der Waals surface area (Å²) in [7, 11) is 0. The van der Waals surface area contributed by atoms with Crippen molar-refractivity contribution < 1.29 is 4.79 Å². The molecule has 1 amide bonds. The first-order valence-electron chi connectivity index (χ1n) is 9.44. The first-order chi connectivity index (χ1) is 13.3. The van der Waals surface area contributed by atoms with E-state index in [1.54, 1.807) is 0 Å². The van der Waals surface area contributed by atoms with Crippen LogP contribution in [0.1, 0.15) is 33.8 Å². The molecule has 0 saturated carbocycles. The van der Waals surface area contributed by atoms with Crippen LogP contribution < -0.4 is 5.73 Å². The normalized spacial score (nSPS) is 10.7. The van der Waals surface area contributed by atoms with E-state index in [9.17, 15) is 4.79 Å². The van der Waals surface area contributed by atoms with Crippen LogP contribution in [0.2, 0.25) is 0 Å². The first-order valence-corrected chi connectivity index (χ1v) is 9.44. The highest BCUT2D eigenvalue weighted by atomic mass is 16.2. The molecule has 0 heterocycles. The van der Waals surface area contributed by atoms with Gasteiger partial charge in [0.15, 0.2) is 0 Å². The van der Waals surface area contributed by atoms with E-state index in [0.717, 1.165) is 6.42 Å². The van der Waals surface area contributed by atoms with E-state index < -0.39 is 0 Å². The van der Waals surface area contributed by atoms with Crippen molar-refractivity contribution in [2.24, 2.45) is 5.73 Å². The van der Waals surface area contributed by atoms with Gasteiger partial charge in [0.2, 0.25) is 0 Å². The largest absolute Gasteiger partial charge is 0.337 e. The molecule has 0 aliphatic rings. The Balaban J connectivity index is 1.79. The molecular formula is C24H26N2O. The van der Waals surface area contributed by atoms with Gasteiger partial charge in [0.1, 0.15) is 0 Å². The third kappa shape index (κ3) is 5.05. The Hall–Kier alpha value is -2.91. The molecule has 0 aromatic heterocycles. The summed E-state index contributed by atoms with van der Waals surface area (Å²) >= 11 is 0. The minimum absolute atomic E-state index is 0.0425. The van der Waals surface area contributed by atoms with Gasteiger partial charge in [-0.3, -0.25) is 4.79 Å². The number of carbonyl (C=O) groups is 1. The molecule has 3 aromatic rings. The minimum atomic E-state index is 0.0425. The zero-order valence-corrected chi connectivity index (χ0v) is 15.5. The highest BCUT2D eigenvalue weighted by molar-refractivity contribution is 5.94. The Bertz CT molecular complexity index is 779. The van der Waals surface area contributed by atoms with Crippen molar-refractivity contribution in [2.75, 3.05) is 19.6 Å². The van der Waals surface area contributed by atoms with Gasteiger partial charge >= 0.3 is 0 Å². The van der Waals surface area contributed by atoms with E-state index in [1.165, 1.54) is 11.1 Å². The molecule has 27 heavy (non-hydrogen) atoms. The fraction of sp³-hybridized carbons (Fsp3) is 0.208. The number of rotatable bonds is 8. The predicted molar refractivity (Wildman–Crippen MR) is 111 cm³/mol. The molecule has 0 spiro atoms. The molecular weight excluding hydrogens is 332 g/mol. The second-order valence-electron chi connectivity index (χ2n) is 6.61. The van der Waals surface area contributed by atoms with E-state index in [-0.39, 0.29) is 11.8 Å². The van der Waals surface area contributed by atoms with Crippen molar-refractivity contribution in [1.29, 1.82) is 0 Å². The van der Waals surface area contributed by atoms with Gasteiger partial charge in [-0.25, -0.2) is 0 Å². The summed E-state index contributed by atoms with van der Waals surface area (Å²) in [4.78, 5) is 14.8. The summed E-state index contributed by atoms with van der Waals surface area (Å²) in [6.07, 6.45) is 0.854. The molecule has 0 saturated heterocycles. The Labute approximate surface area is 161 Å². The number of hydrogen-bond acceptors (Lipinski definition) is 2. The lowest BCUT2D eigenvalue weighted by atomic mass is 9.88. The topological polar surface area (TPSA) is 46.3 Å². The zero-order valence-electron chi connectivity index (χ0n) is 15.5. The summed E-state index contributed by atoms with van der Waals surface area (Å²) in [5, 5.41) is 0. The monoisotopic (exact) mass is 358 g/mol. The third-order valence-electron chi connectivity index (χ3n) is 4.80. The molecule has 0 bridgehead atoms. The number of benzene rings is 3. The summed E-state index contributed by atoms with van der Waals surface area (Å²) in [6, 6.07) is 30.4. The van der Waals surface area contributed by atoms with Crippen molar-refractivity contribution in [3.8, 4) is 0 Å². The van der Waals surface area contributed by atoms with Crippen molar-refractivity contribution in [3.63, 3.8) is 0 Å². The fourth-order valence-electron chi connectivity index (χ4n) is 3.42. The highest BCUT2D eigenvalue weighted by Crippen LogP contribution is 2.28. The Kier molecular flexibility index (Phi) is 6.78. The number of nitrogens with zero attached hydrogens (tertiary/aromatic N) is 1. The van der Waals surface area contributed by atoms with Crippen LogP contribution in [0.3, 0.4) is 0 Å². The van der Waals surface area contributed by atoms with Gasteiger partial charge in [-0.2, -0.15) is 0 Å². The summed E-state index contributed by atoms with van der Waals surface area (Å²) in [5.41, 5.74) is 9.02. The number of nitrogens with two attached hydrogens (primary N) is 1. The maximum Gasteiger partial charge on any atom is 0.253 e. The molecule has 0 aliphatic heterocycles. The number of hydrogen-bond donors (Lipinski definition) is 1. The molecule has 138 valence electrons. The lowest BCUT2D eigenvalue weighted by Gasteiger charge is -2.26. The third-order valence-corrected chi connectivity index (χ3v) is 4.80. The lowest BCUT2D eigenvalue weighted by molar-refractivity contribution is 0.0756. The maximum atomic E-state index is 12.9. The quantitative estimate of drug-likeness (QED) is 0.652. The van der Waals surface area contributed by atoms with Crippen LogP contribution in [0, 0.1) is 0 Å². The van der Waals surface area contributed by atoms with Gasteiger partial charge in [0.25, 0.3) is 5.91 Å². The van der Waals surface area contributed by atoms with E-state index in [2.05, 4.69) is 48.5 Å². The number of amides is 1.